The highest BCUT2D eigenvalue weighted by molar-refractivity contribution is 5.84. The molecule has 1 aromatic heterocycles. The Bertz CT molecular complexity index is 605. The zero-order valence-corrected chi connectivity index (χ0v) is 13.3. The lowest BCUT2D eigenvalue weighted by Crippen LogP contribution is -2.39. The lowest BCUT2D eigenvalue weighted by Gasteiger charge is -2.24. The minimum atomic E-state index is -0.230. The number of amides is 3. The Kier molecular flexibility index (Phi) is 5.61. The molecule has 1 saturated heterocycles. The van der Waals surface area contributed by atoms with E-state index >= 15 is 0 Å². The molecule has 2 rings (SSSR count). The topological polar surface area (TPSA) is 104 Å². The molecule has 23 heavy (non-hydrogen) atoms. The highest BCUT2D eigenvalue weighted by Gasteiger charge is 2.31. The van der Waals surface area contributed by atoms with Crippen LogP contribution in [-0.4, -0.2) is 45.7 Å². The number of aromatic nitrogens is 2. The number of carbonyl (C=O) groups excluding carboxylic acids is 3. The van der Waals surface area contributed by atoms with E-state index in [0.29, 0.717) is 24.5 Å². The van der Waals surface area contributed by atoms with Crippen molar-refractivity contribution in [1.82, 2.24) is 25.5 Å². The Morgan fingerprint density at radius 2 is 1.96 bits per heavy atom. The van der Waals surface area contributed by atoms with E-state index in [1.54, 1.807) is 17.3 Å². The van der Waals surface area contributed by atoms with Gasteiger partial charge in [-0.25, -0.2) is 0 Å². The number of carbonyl (C=O) groups is 3. The molecule has 1 aliphatic heterocycles. The molecule has 1 aromatic rings. The number of rotatable bonds is 5. The van der Waals surface area contributed by atoms with Crippen molar-refractivity contribution in [1.29, 1.82) is 0 Å². The maximum atomic E-state index is 12.2. The van der Waals surface area contributed by atoms with Crippen molar-refractivity contribution < 1.29 is 14.4 Å². The van der Waals surface area contributed by atoms with Crippen molar-refractivity contribution in [3.8, 4) is 0 Å². The molecule has 124 valence electrons. The smallest absolute Gasteiger partial charge is 0.242 e. The molecule has 8 nitrogen and oxygen atoms in total. The van der Waals surface area contributed by atoms with E-state index in [-0.39, 0.29) is 30.3 Å². The highest BCUT2D eigenvalue weighted by atomic mass is 16.2. The largest absolute Gasteiger partial charge is 0.351 e. The molecule has 1 aliphatic rings. The van der Waals surface area contributed by atoms with Gasteiger partial charge in [0, 0.05) is 20.4 Å². The van der Waals surface area contributed by atoms with Crippen molar-refractivity contribution in [3.05, 3.63) is 23.8 Å². The van der Waals surface area contributed by atoms with E-state index in [1.165, 1.54) is 13.8 Å². The van der Waals surface area contributed by atoms with Crippen LogP contribution < -0.4 is 10.6 Å². The van der Waals surface area contributed by atoms with Gasteiger partial charge in [0.15, 0.2) is 0 Å². The minimum Gasteiger partial charge on any atom is -0.351 e. The monoisotopic (exact) mass is 319 g/mol. The van der Waals surface area contributed by atoms with Crippen molar-refractivity contribution >= 4 is 17.7 Å². The van der Waals surface area contributed by atoms with Gasteiger partial charge in [0.1, 0.15) is 0 Å². The van der Waals surface area contributed by atoms with Crippen LogP contribution in [-0.2, 0) is 20.9 Å². The van der Waals surface area contributed by atoms with Crippen LogP contribution in [0.25, 0.3) is 0 Å². The number of likely N-dealkylation sites (tertiary alicyclic amines) is 1. The van der Waals surface area contributed by atoms with Crippen LogP contribution in [0.15, 0.2) is 12.4 Å². The van der Waals surface area contributed by atoms with E-state index in [4.69, 9.17) is 0 Å². The van der Waals surface area contributed by atoms with E-state index < -0.39 is 0 Å². The Balaban J connectivity index is 2.07. The van der Waals surface area contributed by atoms with Crippen LogP contribution in [0.5, 0.6) is 0 Å². The Morgan fingerprint density at radius 1 is 1.22 bits per heavy atom. The minimum absolute atomic E-state index is 0.00908. The third kappa shape index (κ3) is 4.73. The molecule has 0 aliphatic carbocycles. The van der Waals surface area contributed by atoms with Crippen LogP contribution in [0.3, 0.4) is 0 Å². The van der Waals surface area contributed by atoms with Gasteiger partial charge in [-0.05, 0) is 12.8 Å². The summed E-state index contributed by atoms with van der Waals surface area (Å²) in [5, 5.41) is 5.20. The maximum Gasteiger partial charge on any atom is 0.242 e. The number of hydrogen-bond donors (Lipinski definition) is 2. The molecule has 1 fully saturated rings. The highest BCUT2D eigenvalue weighted by Crippen LogP contribution is 2.30. The molecule has 0 spiro atoms. The quantitative estimate of drug-likeness (QED) is 0.789. The van der Waals surface area contributed by atoms with Crippen LogP contribution in [0, 0.1) is 0 Å². The van der Waals surface area contributed by atoms with Crippen LogP contribution >= 0.6 is 0 Å². The standard InChI is InChI=1S/C15H21N5O3/c1-10(21)17-7-12-6-16-8-13(19-12)14-4-3-5-20(14)15(23)9-18-11(2)22/h6,8,14H,3-5,7,9H2,1-2H3,(H,17,21)(H,18,22)/t14-/m0/s1. The zero-order chi connectivity index (χ0) is 16.8. The average Bonchev–Trinajstić information content (AvgIpc) is 3.00. The van der Waals surface area contributed by atoms with Crippen LogP contribution in [0.2, 0.25) is 0 Å². The first-order valence-electron chi connectivity index (χ1n) is 7.56. The molecule has 3 amide bonds. The molecule has 0 unspecified atom stereocenters. The van der Waals surface area contributed by atoms with E-state index in [0.717, 1.165) is 12.8 Å². The summed E-state index contributed by atoms with van der Waals surface area (Å²) in [5.74, 6) is -0.492. The van der Waals surface area contributed by atoms with Gasteiger partial charge in [0.05, 0.1) is 42.9 Å². The molecule has 2 heterocycles. The van der Waals surface area contributed by atoms with E-state index in [1.807, 2.05) is 0 Å². The predicted molar refractivity (Wildman–Crippen MR) is 81.9 cm³/mol. The number of nitrogens with one attached hydrogen (secondary N) is 2. The number of nitrogens with zero attached hydrogens (tertiary/aromatic N) is 3. The molecular formula is C15H21N5O3. The van der Waals surface area contributed by atoms with E-state index in [9.17, 15) is 14.4 Å². The van der Waals surface area contributed by atoms with Gasteiger partial charge in [-0.3, -0.25) is 24.4 Å². The van der Waals surface area contributed by atoms with Gasteiger partial charge in [-0.15, -0.1) is 0 Å². The second-order valence-corrected chi connectivity index (χ2v) is 5.50. The summed E-state index contributed by atoms with van der Waals surface area (Å²) in [5.41, 5.74) is 1.36. The van der Waals surface area contributed by atoms with Gasteiger partial charge >= 0.3 is 0 Å². The normalized spacial score (nSPS) is 17.0. The third-order valence-electron chi connectivity index (χ3n) is 3.62. The predicted octanol–water partition coefficient (Wildman–Crippen LogP) is -0.0877. The Morgan fingerprint density at radius 3 is 2.65 bits per heavy atom. The van der Waals surface area contributed by atoms with E-state index in [2.05, 4.69) is 20.6 Å². The van der Waals surface area contributed by atoms with Crippen LogP contribution in [0.1, 0.15) is 44.1 Å². The summed E-state index contributed by atoms with van der Waals surface area (Å²) in [6, 6.07) is -0.138. The summed E-state index contributed by atoms with van der Waals surface area (Å²) in [7, 11) is 0. The lowest BCUT2D eigenvalue weighted by atomic mass is 10.1. The summed E-state index contributed by atoms with van der Waals surface area (Å²) < 4.78 is 0. The second-order valence-electron chi connectivity index (χ2n) is 5.50. The molecule has 8 heteroatoms. The fourth-order valence-corrected chi connectivity index (χ4v) is 2.56. The fourth-order valence-electron chi connectivity index (χ4n) is 2.56. The van der Waals surface area contributed by atoms with Gasteiger partial charge in [0.25, 0.3) is 0 Å². The first kappa shape index (κ1) is 16.9. The molecule has 0 bridgehead atoms. The third-order valence-corrected chi connectivity index (χ3v) is 3.62. The second kappa shape index (κ2) is 7.66. The molecule has 0 aromatic carbocycles. The van der Waals surface area contributed by atoms with Crippen LogP contribution in [0.4, 0.5) is 0 Å². The average molecular weight is 319 g/mol. The zero-order valence-electron chi connectivity index (χ0n) is 13.3. The van der Waals surface area contributed by atoms with Crippen molar-refractivity contribution in [3.63, 3.8) is 0 Å². The molecular weight excluding hydrogens is 298 g/mol. The Hall–Kier alpha value is -2.51. The summed E-state index contributed by atoms with van der Waals surface area (Å²) in [6.07, 6.45) is 4.93. The van der Waals surface area contributed by atoms with Crippen molar-refractivity contribution in [2.45, 2.75) is 39.3 Å². The lowest BCUT2D eigenvalue weighted by molar-refractivity contribution is -0.133. The van der Waals surface area contributed by atoms with Gasteiger partial charge in [-0.2, -0.15) is 0 Å². The van der Waals surface area contributed by atoms with Gasteiger partial charge in [-0.1, -0.05) is 0 Å². The molecule has 0 radical (unpaired) electrons. The maximum absolute atomic E-state index is 12.2. The van der Waals surface area contributed by atoms with Crippen molar-refractivity contribution in [2.24, 2.45) is 0 Å². The Labute approximate surface area is 134 Å². The van der Waals surface area contributed by atoms with Gasteiger partial charge < -0.3 is 15.5 Å². The van der Waals surface area contributed by atoms with Crippen molar-refractivity contribution in [2.75, 3.05) is 13.1 Å². The number of hydrogen-bond acceptors (Lipinski definition) is 5. The molecule has 2 N–H and O–H groups in total. The summed E-state index contributed by atoms with van der Waals surface area (Å²) >= 11 is 0. The first-order valence-corrected chi connectivity index (χ1v) is 7.56. The van der Waals surface area contributed by atoms with Gasteiger partial charge in [0.2, 0.25) is 17.7 Å². The SMILES string of the molecule is CC(=O)NCC(=O)N1CCC[C@H]1c1cncc(CNC(C)=O)n1. The fraction of sp³-hybridized carbons (Fsp3) is 0.533. The summed E-state index contributed by atoms with van der Waals surface area (Å²) in [6.45, 7) is 3.76. The summed E-state index contributed by atoms with van der Waals surface area (Å²) in [4.78, 5) is 44.5. The molecule has 0 saturated carbocycles. The first-order chi connectivity index (χ1) is 11.0. The molecule has 1 atom stereocenters.